The van der Waals surface area contributed by atoms with E-state index in [9.17, 15) is 27.6 Å². The Morgan fingerprint density at radius 2 is 1.74 bits per heavy atom. The van der Waals surface area contributed by atoms with Gasteiger partial charge in [0.15, 0.2) is 0 Å². The molecule has 0 aliphatic heterocycles. The number of carboxylic acid groups (broad SMARTS) is 1. The lowest BCUT2D eigenvalue weighted by atomic mass is 9.97. The highest BCUT2D eigenvalue weighted by Crippen LogP contribution is 2.60. The topological polar surface area (TPSA) is 92.7 Å². The predicted octanol–water partition coefficient (Wildman–Crippen LogP) is 7.82. The molecule has 0 saturated heterocycles. The van der Waals surface area contributed by atoms with E-state index < -0.39 is 46.4 Å². The van der Waals surface area contributed by atoms with Crippen molar-refractivity contribution in [3.63, 3.8) is 0 Å². The van der Waals surface area contributed by atoms with Crippen LogP contribution in [0.4, 0.5) is 13.2 Å². The summed E-state index contributed by atoms with van der Waals surface area (Å²) in [5, 5.41) is 9.69. The van der Waals surface area contributed by atoms with Crippen LogP contribution in [0.1, 0.15) is 64.5 Å². The molecule has 0 aromatic heterocycles. The first kappa shape index (κ1) is 34.9. The van der Waals surface area contributed by atoms with Gasteiger partial charge >= 0.3 is 18.1 Å². The number of hydrogen-bond donors (Lipinski definition) is 2. The molecule has 230 valence electrons. The van der Waals surface area contributed by atoms with E-state index in [1.54, 1.807) is 13.8 Å². The molecule has 1 fully saturated rings. The number of nitrogens with one attached hydrogen (secondary N) is 1. The maximum Gasteiger partial charge on any atom is 0.426 e. The molecule has 0 radical (unpaired) electrons. The van der Waals surface area contributed by atoms with Crippen LogP contribution in [0.15, 0.2) is 59.6 Å². The SMILES string of the molecule is CCCCCC(=O)NC(C)C(=O)O.Cc1c(COC(=O)C2C(C=C(Cl)C(F)(F)F)C2(C)C)cccc1-c1ccccc1. The van der Waals surface area contributed by atoms with Gasteiger partial charge in [0.05, 0.1) is 5.92 Å². The molecule has 2 aromatic carbocycles. The van der Waals surface area contributed by atoms with E-state index in [0.717, 1.165) is 47.6 Å². The summed E-state index contributed by atoms with van der Waals surface area (Å²) < 4.78 is 43.5. The molecule has 1 aliphatic carbocycles. The molecule has 6 nitrogen and oxygen atoms in total. The van der Waals surface area contributed by atoms with Gasteiger partial charge in [-0.05, 0) is 53.9 Å². The van der Waals surface area contributed by atoms with Crippen molar-refractivity contribution < 1.29 is 37.4 Å². The van der Waals surface area contributed by atoms with Gasteiger partial charge in [-0.1, -0.05) is 99.8 Å². The number of carbonyl (C=O) groups is 3. The minimum Gasteiger partial charge on any atom is -0.480 e. The first-order valence-corrected chi connectivity index (χ1v) is 14.3. The van der Waals surface area contributed by atoms with Crippen molar-refractivity contribution in [2.24, 2.45) is 17.3 Å². The summed E-state index contributed by atoms with van der Waals surface area (Å²) in [5.74, 6) is -2.92. The van der Waals surface area contributed by atoms with Crippen LogP contribution in [-0.4, -0.2) is 35.2 Å². The van der Waals surface area contributed by atoms with E-state index in [1.165, 1.54) is 6.92 Å². The van der Waals surface area contributed by atoms with Crippen LogP contribution in [0, 0.1) is 24.2 Å². The summed E-state index contributed by atoms with van der Waals surface area (Å²) in [6.07, 6.45) is -0.366. The molecule has 42 heavy (non-hydrogen) atoms. The van der Waals surface area contributed by atoms with Gasteiger partial charge in [-0.25, -0.2) is 0 Å². The van der Waals surface area contributed by atoms with E-state index in [1.807, 2.05) is 55.5 Å². The Balaban J connectivity index is 0.000000401. The van der Waals surface area contributed by atoms with Crippen LogP contribution in [0.2, 0.25) is 0 Å². The van der Waals surface area contributed by atoms with Crippen molar-refractivity contribution in [2.75, 3.05) is 0 Å². The second-order valence-electron chi connectivity index (χ2n) is 11.0. The number of hydrogen-bond acceptors (Lipinski definition) is 4. The quantitative estimate of drug-likeness (QED) is 0.200. The van der Waals surface area contributed by atoms with Gasteiger partial charge in [-0.15, -0.1) is 0 Å². The summed E-state index contributed by atoms with van der Waals surface area (Å²) in [6.45, 7) is 9.02. The zero-order valence-corrected chi connectivity index (χ0v) is 25.3. The number of aliphatic carboxylic acids is 1. The number of unbranched alkanes of at least 4 members (excludes halogenated alkanes) is 2. The number of ether oxygens (including phenoxy) is 1. The van der Waals surface area contributed by atoms with Crippen molar-refractivity contribution in [2.45, 2.75) is 79.1 Å². The molecule has 1 amide bonds. The number of alkyl halides is 3. The highest BCUT2D eigenvalue weighted by Gasteiger charge is 2.62. The lowest BCUT2D eigenvalue weighted by molar-refractivity contribution is -0.147. The molecular formula is C32H39ClF3NO5. The van der Waals surface area contributed by atoms with Crippen LogP contribution in [0.3, 0.4) is 0 Å². The Kier molecular flexibility index (Phi) is 12.6. The van der Waals surface area contributed by atoms with Crippen LogP contribution in [0.25, 0.3) is 11.1 Å². The third kappa shape index (κ3) is 9.89. The third-order valence-electron chi connectivity index (χ3n) is 7.42. The number of rotatable bonds is 11. The van der Waals surface area contributed by atoms with Gasteiger partial charge in [-0.2, -0.15) is 13.2 Å². The number of amides is 1. The van der Waals surface area contributed by atoms with E-state index in [4.69, 9.17) is 21.4 Å². The second-order valence-corrected chi connectivity index (χ2v) is 11.4. The number of halogens is 4. The van der Waals surface area contributed by atoms with Crippen LogP contribution >= 0.6 is 11.6 Å². The molecular weight excluding hydrogens is 571 g/mol. The lowest BCUT2D eigenvalue weighted by Crippen LogP contribution is -2.38. The Hall–Kier alpha value is -3.33. The van der Waals surface area contributed by atoms with Gasteiger partial charge < -0.3 is 15.2 Å². The Morgan fingerprint density at radius 3 is 2.31 bits per heavy atom. The minimum atomic E-state index is -4.61. The molecule has 1 aliphatic rings. The van der Waals surface area contributed by atoms with E-state index in [0.29, 0.717) is 6.42 Å². The van der Waals surface area contributed by atoms with Crippen molar-refractivity contribution in [3.05, 3.63) is 70.8 Å². The first-order valence-electron chi connectivity index (χ1n) is 13.9. The van der Waals surface area contributed by atoms with Gasteiger partial charge in [0, 0.05) is 6.42 Å². The summed E-state index contributed by atoms with van der Waals surface area (Å²) in [4.78, 5) is 33.9. The van der Waals surface area contributed by atoms with Crippen molar-refractivity contribution in [1.82, 2.24) is 5.32 Å². The number of allylic oxidation sites excluding steroid dienone is 2. The number of esters is 1. The molecule has 10 heteroatoms. The highest BCUT2D eigenvalue weighted by molar-refractivity contribution is 6.30. The Labute approximate surface area is 250 Å². The van der Waals surface area contributed by atoms with Gasteiger partial charge in [-0.3, -0.25) is 14.4 Å². The van der Waals surface area contributed by atoms with Crippen LogP contribution in [0.5, 0.6) is 0 Å². The fourth-order valence-corrected chi connectivity index (χ4v) is 4.75. The summed E-state index contributed by atoms with van der Waals surface area (Å²) in [7, 11) is 0. The summed E-state index contributed by atoms with van der Waals surface area (Å²) in [6, 6.07) is 14.9. The second kappa shape index (κ2) is 15.2. The normalized spacial score (nSPS) is 18.3. The molecule has 0 bridgehead atoms. The van der Waals surface area contributed by atoms with E-state index in [-0.39, 0.29) is 12.5 Å². The number of carboxylic acids is 1. The molecule has 3 unspecified atom stereocenters. The average Bonchev–Trinajstić information content (AvgIpc) is 3.47. The number of benzene rings is 2. The van der Waals surface area contributed by atoms with Crippen molar-refractivity contribution in [3.8, 4) is 11.1 Å². The lowest BCUT2D eigenvalue weighted by Gasteiger charge is -2.12. The minimum absolute atomic E-state index is 0.0708. The maximum atomic E-state index is 12.7. The first-order chi connectivity index (χ1) is 19.6. The fourth-order valence-electron chi connectivity index (χ4n) is 4.61. The van der Waals surface area contributed by atoms with Gasteiger partial charge in [0.2, 0.25) is 5.91 Å². The molecule has 2 N–H and O–H groups in total. The predicted molar refractivity (Wildman–Crippen MR) is 157 cm³/mol. The van der Waals surface area contributed by atoms with Crippen molar-refractivity contribution in [1.29, 1.82) is 0 Å². The summed E-state index contributed by atoms with van der Waals surface area (Å²) >= 11 is 5.34. The van der Waals surface area contributed by atoms with Crippen LogP contribution in [-0.2, 0) is 25.7 Å². The monoisotopic (exact) mass is 609 g/mol. The van der Waals surface area contributed by atoms with E-state index in [2.05, 4.69) is 12.2 Å². The maximum absolute atomic E-state index is 12.7. The Bertz CT molecular complexity index is 1260. The molecule has 1 saturated carbocycles. The highest BCUT2D eigenvalue weighted by atomic mass is 35.5. The molecule has 0 heterocycles. The smallest absolute Gasteiger partial charge is 0.426 e. The molecule has 0 spiro atoms. The van der Waals surface area contributed by atoms with Crippen molar-refractivity contribution >= 4 is 29.4 Å². The van der Waals surface area contributed by atoms with Gasteiger partial charge in [0.25, 0.3) is 0 Å². The zero-order valence-electron chi connectivity index (χ0n) is 24.6. The largest absolute Gasteiger partial charge is 0.480 e. The van der Waals surface area contributed by atoms with E-state index >= 15 is 0 Å². The van der Waals surface area contributed by atoms with Crippen LogP contribution < -0.4 is 5.32 Å². The molecule has 3 atom stereocenters. The zero-order chi connectivity index (χ0) is 31.7. The standard InChI is InChI=1S/C23H22ClF3O2.C9H17NO3/c1-14-16(10-7-11-17(14)15-8-5-4-6-9-15)13-29-21(28)20-18(22(20,2)3)12-19(24)23(25,26)27;1-3-4-5-6-8(11)10-7(2)9(12)13/h4-12,18,20H,13H2,1-3H3;7H,3-6H2,1-2H3,(H,10,11)(H,12,13). The average molecular weight is 610 g/mol. The van der Waals surface area contributed by atoms with Gasteiger partial charge in [0.1, 0.15) is 17.7 Å². The summed E-state index contributed by atoms with van der Waals surface area (Å²) in [5.41, 5.74) is 3.34. The fraction of sp³-hybridized carbons (Fsp3) is 0.469. The number of carbonyl (C=O) groups excluding carboxylic acids is 2. The third-order valence-corrected chi connectivity index (χ3v) is 7.76. The molecule has 2 aromatic rings. The Morgan fingerprint density at radius 1 is 1.10 bits per heavy atom. The molecule has 3 rings (SSSR count).